The van der Waals surface area contributed by atoms with E-state index in [0.29, 0.717) is 22.1 Å². The first-order valence-electron chi connectivity index (χ1n) is 6.66. The highest BCUT2D eigenvalue weighted by molar-refractivity contribution is 6.33. The second kappa shape index (κ2) is 5.44. The molecule has 3 nitrogen and oxygen atoms in total. The van der Waals surface area contributed by atoms with Gasteiger partial charge in [0.2, 0.25) is 0 Å². The first-order valence-corrected chi connectivity index (χ1v) is 7.03. The Morgan fingerprint density at radius 1 is 1.25 bits per heavy atom. The van der Waals surface area contributed by atoms with Gasteiger partial charge in [0.1, 0.15) is 23.2 Å². The van der Waals surface area contributed by atoms with Crippen molar-refractivity contribution in [2.75, 3.05) is 5.73 Å². The summed E-state index contributed by atoms with van der Waals surface area (Å²) in [6, 6.07) is 4.46. The zero-order valence-electron chi connectivity index (χ0n) is 12.1. The minimum Gasteiger partial charge on any atom is -0.383 e. The fraction of sp³-hybridized carbons (Fsp3) is 0.400. The molecule has 0 atom stereocenters. The van der Waals surface area contributed by atoms with E-state index in [-0.39, 0.29) is 17.8 Å². The lowest BCUT2D eigenvalue weighted by Gasteiger charge is -2.15. The molecule has 0 radical (unpaired) electrons. The molecule has 0 saturated heterocycles. The zero-order valence-corrected chi connectivity index (χ0v) is 12.9. The minimum absolute atomic E-state index is 0.202. The van der Waals surface area contributed by atoms with Gasteiger partial charge in [0.05, 0.1) is 5.02 Å². The number of anilines is 1. The van der Waals surface area contributed by atoms with Crippen molar-refractivity contribution in [3.8, 4) is 11.3 Å². The summed E-state index contributed by atoms with van der Waals surface area (Å²) in [6.07, 6.45) is 0. The molecule has 20 heavy (non-hydrogen) atoms. The summed E-state index contributed by atoms with van der Waals surface area (Å²) < 4.78 is 15.2. The molecule has 1 aromatic carbocycles. The van der Waals surface area contributed by atoms with E-state index in [2.05, 4.69) is 32.7 Å². The summed E-state index contributed by atoms with van der Waals surface area (Å²) in [4.78, 5) is 4.62. The molecule has 0 aliphatic rings. The maximum Gasteiger partial charge on any atom is 0.132 e. The summed E-state index contributed by atoms with van der Waals surface area (Å²) in [5.74, 6) is 1.35. The Balaban J connectivity index is 2.66. The summed E-state index contributed by atoms with van der Waals surface area (Å²) >= 11 is 6.11. The topological polar surface area (TPSA) is 43.8 Å². The Hall–Kier alpha value is -1.55. The van der Waals surface area contributed by atoms with Crippen LogP contribution in [0.4, 0.5) is 10.2 Å². The van der Waals surface area contributed by atoms with Crippen LogP contribution in [0, 0.1) is 5.82 Å². The van der Waals surface area contributed by atoms with Gasteiger partial charge in [-0.05, 0) is 32.0 Å². The second-order valence-corrected chi connectivity index (χ2v) is 5.85. The van der Waals surface area contributed by atoms with E-state index in [9.17, 15) is 4.39 Å². The van der Waals surface area contributed by atoms with Crippen molar-refractivity contribution < 1.29 is 4.39 Å². The van der Waals surface area contributed by atoms with E-state index in [1.165, 1.54) is 12.1 Å². The molecular formula is C15H19ClFN3. The Labute approximate surface area is 123 Å². The summed E-state index contributed by atoms with van der Waals surface area (Å²) in [7, 11) is 0. The van der Waals surface area contributed by atoms with E-state index in [0.717, 1.165) is 5.82 Å². The molecule has 2 aromatic rings. The summed E-state index contributed by atoms with van der Waals surface area (Å²) in [5.41, 5.74) is 7.51. The number of benzene rings is 1. The molecule has 1 aromatic heterocycles. The van der Waals surface area contributed by atoms with Crippen LogP contribution in [-0.4, -0.2) is 9.55 Å². The van der Waals surface area contributed by atoms with Crippen molar-refractivity contribution in [1.29, 1.82) is 0 Å². The van der Waals surface area contributed by atoms with E-state index >= 15 is 0 Å². The lowest BCUT2D eigenvalue weighted by molar-refractivity contribution is 0.556. The normalized spacial score (nSPS) is 11.6. The zero-order chi connectivity index (χ0) is 15.0. The van der Waals surface area contributed by atoms with Crippen LogP contribution < -0.4 is 5.73 Å². The van der Waals surface area contributed by atoms with Crippen molar-refractivity contribution in [1.82, 2.24) is 9.55 Å². The van der Waals surface area contributed by atoms with E-state index < -0.39 is 0 Å². The lowest BCUT2D eigenvalue weighted by Crippen LogP contribution is -2.10. The number of nitrogen functional groups attached to an aromatic ring is 1. The number of aromatic nitrogens is 2. The molecule has 0 aliphatic carbocycles. The Morgan fingerprint density at radius 2 is 1.90 bits per heavy atom. The van der Waals surface area contributed by atoms with Crippen molar-refractivity contribution in [3.63, 3.8) is 0 Å². The van der Waals surface area contributed by atoms with E-state index in [4.69, 9.17) is 17.3 Å². The van der Waals surface area contributed by atoms with Gasteiger partial charge in [-0.1, -0.05) is 25.4 Å². The molecule has 0 bridgehead atoms. The average molecular weight is 296 g/mol. The highest BCUT2D eigenvalue weighted by Gasteiger charge is 2.21. The van der Waals surface area contributed by atoms with Gasteiger partial charge in [-0.25, -0.2) is 9.37 Å². The third-order valence-electron chi connectivity index (χ3n) is 3.19. The number of nitrogens with two attached hydrogens (primary N) is 1. The van der Waals surface area contributed by atoms with Crippen molar-refractivity contribution in [3.05, 3.63) is 34.9 Å². The molecule has 108 valence electrons. The standard InChI is InChI=1S/C15H19ClFN3/c1-8(2)15-19-13(14(18)20(15)9(3)4)11-6-5-10(17)7-12(11)16/h5-9H,18H2,1-4H3. The number of nitrogens with zero attached hydrogens (tertiary/aromatic N) is 2. The van der Waals surface area contributed by atoms with Gasteiger partial charge in [-0.3, -0.25) is 0 Å². The van der Waals surface area contributed by atoms with E-state index in [1.54, 1.807) is 6.07 Å². The Kier molecular flexibility index (Phi) is 4.04. The molecule has 2 rings (SSSR count). The minimum atomic E-state index is -0.371. The largest absolute Gasteiger partial charge is 0.383 e. The fourth-order valence-electron chi connectivity index (χ4n) is 2.29. The van der Waals surface area contributed by atoms with Gasteiger partial charge < -0.3 is 10.3 Å². The molecule has 0 aliphatic heterocycles. The number of hydrogen-bond acceptors (Lipinski definition) is 2. The maximum absolute atomic E-state index is 13.2. The van der Waals surface area contributed by atoms with Crippen LogP contribution in [0.5, 0.6) is 0 Å². The lowest BCUT2D eigenvalue weighted by atomic mass is 10.1. The SMILES string of the molecule is CC(C)c1nc(-c2ccc(F)cc2Cl)c(N)n1C(C)C. The van der Waals surface area contributed by atoms with Gasteiger partial charge in [-0.2, -0.15) is 0 Å². The van der Waals surface area contributed by atoms with Crippen LogP contribution in [0.2, 0.25) is 5.02 Å². The molecule has 2 N–H and O–H groups in total. The van der Waals surface area contributed by atoms with Crippen molar-refractivity contribution >= 4 is 17.4 Å². The summed E-state index contributed by atoms with van der Waals surface area (Å²) in [5, 5.41) is 0.320. The molecule has 0 fully saturated rings. The van der Waals surface area contributed by atoms with Crippen LogP contribution in [0.15, 0.2) is 18.2 Å². The first kappa shape index (κ1) is 14.9. The molecule has 0 spiro atoms. The number of rotatable bonds is 3. The quantitative estimate of drug-likeness (QED) is 0.897. The van der Waals surface area contributed by atoms with Gasteiger partial charge in [0.25, 0.3) is 0 Å². The second-order valence-electron chi connectivity index (χ2n) is 5.45. The van der Waals surface area contributed by atoms with Gasteiger partial charge in [0, 0.05) is 17.5 Å². The first-order chi connectivity index (χ1) is 9.32. The van der Waals surface area contributed by atoms with Crippen LogP contribution in [0.3, 0.4) is 0 Å². The fourth-order valence-corrected chi connectivity index (χ4v) is 2.55. The highest BCUT2D eigenvalue weighted by atomic mass is 35.5. The average Bonchev–Trinajstić information content (AvgIpc) is 2.67. The number of halogens is 2. The van der Waals surface area contributed by atoms with Crippen LogP contribution in [-0.2, 0) is 0 Å². The monoisotopic (exact) mass is 295 g/mol. The Bertz CT molecular complexity index is 632. The smallest absolute Gasteiger partial charge is 0.132 e. The van der Waals surface area contributed by atoms with Crippen LogP contribution in [0.25, 0.3) is 11.3 Å². The van der Waals surface area contributed by atoms with Gasteiger partial charge >= 0.3 is 0 Å². The third kappa shape index (κ3) is 2.52. The predicted molar refractivity (Wildman–Crippen MR) is 81.5 cm³/mol. The molecule has 0 unspecified atom stereocenters. The molecule has 0 saturated carbocycles. The van der Waals surface area contributed by atoms with Gasteiger partial charge in [-0.15, -0.1) is 0 Å². The van der Waals surface area contributed by atoms with Crippen LogP contribution in [0.1, 0.15) is 45.5 Å². The van der Waals surface area contributed by atoms with E-state index in [1.807, 2.05) is 4.57 Å². The molecule has 5 heteroatoms. The van der Waals surface area contributed by atoms with Crippen LogP contribution >= 0.6 is 11.6 Å². The molecular weight excluding hydrogens is 277 g/mol. The Morgan fingerprint density at radius 3 is 2.35 bits per heavy atom. The van der Waals surface area contributed by atoms with Crippen molar-refractivity contribution in [2.45, 2.75) is 39.7 Å². The van der Waals surface area contributed by atoms with Crippen molar-refractivity contribution in [2.24, 2.45) is 0 Å². The molecule has 1 heterocycles. The highest BCUT2D eigenvalue weighted by Crippen LogP contribution is 2.35. The maximum atomic E-state index is 13.2. The molecule has 0 amide bonds. The third-order valence-corrected chi connectivity index (χ3v) is 3.51. The summed E-state index contributed by atoms with van der Waals surface area (Å²) in [6.45, 7) is 8.24. The van der Waals surface area contributed by atoms with Gasteiger partial charge in [0.15, 0.2) is 0 Å². The number of hydrogen-bond donors (Lipinski definition) is 1. The number of imidazole rings is 1. The predicted octanol–water partition coefficient (Wildman–Crippen LogP) is 4.63.